The topological polar surface area (TPSA) is 73.9 Å². The molecule has 0 aliphatic heterocycles. The number of nitrogens with one attached hydrogen (secondary N) is 1. The molecule has 0 atom stereocenters. The molecule has 150 valence electrons. The first kappa shape index (κ1) is 21.1. The number of carbonyl (C=O) groups is 2. The van der Waals surface area contributed by atoms with Crippen LogP contribution in [0.4, 0.5) is 0 Å². The molecule has 0 spiro atoms. The SMILES string of the molecule is COc1ccc(OCCOC(=O)C2(CC(=O)NC(C)(C)C)CCCC2)cc1. The number of rotatable bonds is 8. The molecule has 1 saturated carbocycles. The van der Waals surface area contributed by atoms with E-state index in [0.717, 1.165) is 18.6 Å². The summed E-state index contributed by atoms with van der Waals surface area (Å²) in [4.78, 5) is 25.0. The van der Waals surface area contributed by atoms with Crippen molar-refractivity contribution in [2.24, 2.45) is 5.41 Å². The lowest BCUT2D eigenvalue weighted by molar-refractivity contribution is -0.158. The number of hydrogen-bond acceptors (Lipinski definition) is 5. The molecule has 0 bridgehead atoms. The fraction of sp³-hybridized carbons (Fsp3) is 0.619. The quantitative estimate of drug-likeness (QED) is 0.555. The lowest BCUT2D eigenvalue weighted by Crippen LogP contribution is -2.44. The highest BCUT2D eigenvalue weighted by Crippen LogP contribution is 2.42. The molecule has 2 rings (SSSR count). The Labute approximate surface area is 161 Å². The fourth-order valence-corrected chi connectivity index (χ4v) is 3.39. The summed E-state index contributed by atoms with van der Waals surface area (Å²) in [6, 6.07) is 7.22. The van der Waals surface area contributed by atoms with Gasteiger partial charge in [-0.2, -0.15) is 0 Å². The number of carbonyl (C=O) groups excluding carboxylic acids is 2. The zero-order valence-corrected chi connectivity index (χ0v) is 16.8. The van der Waals surface area contributed by atoms with Gasteiger partial charge < -0.3 is 19.5 Å². The number of amides is 1. The van der Waals surface area contributed by atoms with Crippen LogP contribution in [0.3, 0.4) is 0 Å². The van der Waals surface area contributed by atoms with Gasteiger partial charge in [-0.15, -0.1) is 0 Å². The predicted octanol–water partition coefficient (Wildman–Crippen LogP) is 3.48. The molecule has 27 heavy (non-hydrogen) atoms. The van der Waals surface area contributed by atoms with Gasteiger partial charge in [-0.1, -0.05) is 12.8 Å². The van der Waals surface area contributed by atoms with E-state index in [9.17, 15) is 9.59 Å². The van der Waals surface area contributed by atoms with Crippen molar-refractivity contribution in [3.8, 4) is 11.5 Å². The van der Waals surface area contributed by atoms with Crippen molar-refractivity contribution < 1.29 is 23.8 Å². The van der Waals surface area contributed by atoms with Gasteiger partial charge in [-0.3, -0.25) is 9.59 Å². The van der Waals surface area contributed by atoms with Crippen molar-refractivity contribution in [2.45, 2.75) is 58.4 Å². The summed E-state index contributed by atoms with van der Waals surface area (Å²) in [7, 11) is 1.61. The number of benzene rings is 1. The van der Waals surface area contributed by atoms with Crippen LogP contribution in [-0.4, -0.2) is 37.7 Å². The Morgan fingerprint density at radius 3 is 2.19 bits per heavy atom. The van der Waals surface area contributed by atoms with Crippen LogP contribution in [0.25, 0.3) is 0 Å². The average Bonchev–Trinajstić information content (AvgIpc) is 3.07. The molecule has 0 aromatic heterocycles. The molecular weight excluding hydrogens is 346 g/mol. The standard InChI is InChI=1S/C21H31NO5/c1-20(2,3)22-18(23)15-21(11-5-6-12-21)19(24)27-14-13-26-17-9-7-16(25-4)8-10-17/h7-10H,5-6,11-15H2,1-4H3,(H,22,23). The molecular formula is C21H31NO5. The molecule has 1 aliphatic rings. The molecule has 6 heteroatoms. The van der Waals surface area contributed by atoms with Gasteiger partial charge in [-0.05, 0) is 57.9 Å². The highest BCUT2D eigenvalue weighted by Gasteiger charge is 2.44. The highest BCUT2D eigenvalue weighted by molar-refractivity contribution is 5.86. The number of hydrogen-bond donors (Lipinski definition) is 1. The summed E-state index contributed by atoms with van der Waals surface area (Å²) in [6.07, 6.45) is 3.47. The summed E-state index contributed by atoms with van der Waals surface area (Å²) >= 11 is 0. The maximum atomic E-state index is 12.7. The Kier molecular flexibility index (Phi) is 7.11. The van der Waals surface area contributed by atoms with Gasteiger partial charge in [0.05, 0.1) is 12.5 Å². The minimum absolute atomic E-state index is 0.101. The van der Waals surface area contributed by atoms with Crippen LogP contribution < -0.4 is 14.8 Å². The molecule has 1 amide bonds. The Bertz CT molecular complexity index is 627. The molecule has 1 aliphatic carbocycles. The summed E-state index contributed by atoms with van der Waals surface area (Å²) in [5.74, 6) is 1.05. The Hall–Kier alpha value is -2.24. The van der Waals surface area contributed by atoms with Crippen LogP contribution >= 0.6 is 0 Å². The van der Waals surface area contributed by atoms with Crippen LogP contribution in [0.15, 0.2) is 24.3 Å². The maximum Gasteiger partial charge on any atom is 0.312 e. The normalized spacial score (nSPS) is 15.9. The molecule has 1 fully saturated rings. The van der Waals surface area contributed by atoms with Gasteiger partial charge >= 0.3 is 5.97 Å². The Morgan fingerprint density at radius 1 is 1.04 bits per heavy atom. The molecule has 0 saturated heterocycles. The molecule has 0 heterocycles. The summed E-state index contributed by atoms with van der Waals surface area (Å²) in [6.45, 7) is 6.22. The molecule has 0 radical (unpaired) electrons. The summed E-state index contributed by atoms with van der Waals surface area (Å²) in [5, 5.41) is 2.94. The van der Waals surface area contributed by atoms with E-state index in [1.807, 2.05) is 32.9 Å². The van der Waals surface area contributed by atoms with E-state index < -0.39 is 5.41 Å². The largest absolute Gasteiger partial charge is 0.497 e. The maximum absolute atomic E-state index is 12.7. The molecule has 6 nitrogen and oxygen atoms in total. The third kappa shape index (κ3) is 6.45. The lowest BCUT2D eigenvalue weighted by atomic mass is 9.82. The van der Waals surface area contributed by atoms with Crippen molar-refractivity contribution in [3.05, 3.63) is 24.3 Å². The van der Waals surface area contributed by atoms with E-state index in [4.69, 9.17) is 14.2 Å². The second-order valence-electron chi connectivity index (χ2n) is 8.12. The minimum Gasteiger partial charge on any atom is -0.497 e. The Balaban J connectivity index is 1.82. The average molecular weight is 377 g/mol. The fourth-order valence-electron chi connectivity index (χ4n) is 3.39. The monoisotopic (exact) mass is 377 g/mol. The van der Waals surface area contributed by atoms with Crippen molar-refractivity contribution in [2.75, 3.05) is 20.3 Å². The third-order valence-electron chi connectivity index (χ3n) is 4.65. The van der Waals surface area contributed by atoms with Crippen LogP contribution in [0.2, 0.25) is 0 Å². The number of methoxy groups -OCH3 is 1. The second-order valence-corrected chi connectivity index (χ2v) is 8.12. The first-order valence-corrected chi connectivity index (χ1v) is 9.49. The number of esters is 1. The molecule has 1 N–H and O–H groups in total. The van der Waals surface area contributed by atoms with Gasteiger partial charge in [0, 0.05) is 12.0 Å². The van der Waals surface area contributed by atoms with E-state index in [-0.39, 0.29) is 37.0 Å². The predicted molar refractivity (Wildman–Crippen MR) is 103 cm³/mol. The summed E-state index contributed by atoms with van der Waals surface area (Å²) in [5.41, 5.74) is -1.01. The van der Waals surface area contributed by atoms with Gasteiger partial charge in [0.15, 0.2) is 0 Å². The van der Waals surface area contributed by atoms with E-state index in [0.29, 0.717) is 18.6 Å². The van der Waals surface area contributed by atoms with Crippen molar-refractivity contribution in [1.82, 2.24) is 5.32 Å². The zero-order valence-electron chi connectivity index (χ0n) is 16.8. The molecule has 1 aromatic carbocycles. The third-order valence-corrected chi connectivity index (χ3v) is 4.65. The number of ether oxygens (including phenoxy) is 3. The molecule has 0 unspecified atom stereocenters. The van der Waals surface area contributed by atoms with Crippen LogP contribution in [0, 0.1) is 5.41 Å². The van der Waals surface area contributed by atoms with E-state index in [1.54, 1.807) is 19.2 Å². The summed E-state index contributed by atoms with van der Waals surface area (Å²) < 4.78 is 16.1. The first-order valence-electron chi connectivity index (χ1n) is 9.49. The molecule has 1 aromatic rings. The smallest absolute Gasteiger partial charge is 0.312 e. The van der Waals surface area contributed by atoms with Crippen LogP contribution in [0.1, 0.15) is 52.9 Å². The van der Waals surface area contributed by atoms with E-state index in [2.05, 4.69) is 5.32 Å². The van der Waals surface area contributed by atoms with Crippen LogP contribution in [0.5, 0.6) is 11.5 Å². The van der Waals surface area contributed by atoms with Gasteiger partial charge in [0.2, 0.25) is 5.91 Å². The second kappa shape index (κ2) is 9.11. The van der Waals surface area contributed by atoms with Crippen molar-refractivity contribution in [1.29, 1.82) is 0 Å². The van der Waals surface area contributed by atoms with Gasteiger partial charge in [-0.25, -0.2) is 0 Å². The van der Waals surface area contributed by atoms with Crippen molar-refractivity contribution >= 4 is 11.9 Å². The van der Waals surface area contributed by atoms with Gasteiger partial charge in [0.25, 0.3) is 0 Å². The zero-order chi connectivity index (χ0) is 19.9. The van der Waals surface area contributed by atoms with Gasteiger partial charge in [0.1, 0.15) is 24.7 Å². The van der Waals surface area contributed by atoms with E-state index in [1.165, 1.54) is 0 Å². The van der Waals surface area contributed by atoms with E-state index >= 15 is 0 Å². The van der Waals surface area contributed by atoms with Crippen molar-refractivity contribution in [3.63, 3.8) is 0 Å². The first-order chi connectivity index (χ1) is 12.7. The highest BCUT2D eigenvalue weighted by atomic mass is 16.6. The van der Waals surface area contributed by atoms with Crippen LogP contribution in [-0.2, 0) is 14.3 Å². The Morgan fingerprint density at radius 2 is 1.63 bits per heavy atom. The minimum atomic E-state index is -0.699. The lowest BCUT2D eigenvalue weighted by Gasteiger charge is -2.28.